The van der Waals surface area contributed by atoms with Crippen LogP contribution in [-0.4, -0.2) is 30.8 Å². The van der Waals surface area contributed by atoms with Crippen LogP contribution in [0.5, 0.6) is 0 Å². The molecule has 0 aliphatic carbocycles. The quantitative estimate of drug-likeness (QED) is 0.619. The van der Waals surface area contributed by atoms with E-state index in [1.807, 2.05) is 7.05 Å². The van der Waals surface area contributed by atoms with Gasteiger partial charge in [0.1, 0.15) is 5.78 Å². The number of hydrogen-bond acceptors (Lipinski definition) is 2. The molecule has 0 aromatic carbocycles. The van der Waals surface area contributed by atoms with Gasteiger partial charge in [-0.25, -0.2) is 0 Å². The fraction of sp³-hybridized carbons (Fsp3) is 0.889. The molecule has 0 fully saturated rings. The molecule has 0 aliphatic heterocycles. The number of hydrogen-bond donors (Lipinski definition) is 0. The maximum Gasteiger partial charge on any atom is 0.143 e. The number of ketones is 1. The summed E-state index contributed by atoms with van der Waals surface area (Å²) < 4.78 is 0. The molecule has 0 aromatic rings. The zero-order chi connectivity index (χ0) is 9.07. The minimum Gasteiger partial charge on any atom is -0.299 e. The van der Waals surface area contributed by atoms with Crippen molar-refractivity contribution in [3.05, 3.63) is 0 Å². The molecular formula is C9H19NO. The molecule has 0 bridgehead atoms. The van der Waals surface area contributed by atoms with Crippen molar-refractivity contribution in [2.45, 2.75) is 27.7 Å². The van der Waals surface area contributed by atoms with E-state index in [1.165, 1.54) is 0 Å². The topological polar surface area (TPSA) is 20.3 Å². The number of carbonyl (C=O) groups excluding carboxylic acids is 1. The highest BCUT2D eigenvalue weighted by Gasteiger charge is 2.13. The summed E-state index contributed by atoms with van der Waals surface area (Å²) in [5.41, 5.74) is 0.282. The average Bonchev–Trinajstić information content (AvgIpc) is 1.53. The molecule has 0 rings (SSSR count). The third-order valence-electron chi connectivity index (χ3n) is 1.24. The van der Waals surface area contributed by atoms with E-state index in [0.29, 0.717) is 6.54 Å². The lowest BCUT2D eigenvalue weighted by molar-refractivity contribution is -0.118. The number of nitrogens with zero attached hydrogens (tertiary/aromatic N) is 1. The minimum atomic E-state index is 0.233. The molecule has 0 saturated heterocycles. The standard InChI is InChI=1S/C9H19NO/c1-8(11)6-10(5)7-9(2,3)4/h6-7H2,1-5H3. The molecule has 0 aliphatic rings. The van der Waals surface area contributed by atoms with Crippen LogP contribution in [-0.2, 0) is 4.79 Å². The van der Waals surface area contributed by atoms with Gasteiger partial charge in [-0.15, -0.1) is 0 Å². The SMILES string of the molecule is CC(=O)CN(C)CC(C)(C)C. The summed E-state index contributed by atoms with van der Waals surface area (Å²) in [5, 5.41) is 0. The lowest BCUT2D eigenvalue weighted by Crippen LogP contribution is -2.32. The Labute approximate surface area is 69.6 Å². The van der Waals surface area contributed by atoms with Crippen molar-refractivity contribution in [3.8, 4) is 0 Å². The fourth-order valence-corrected chi connectivity index (χ4v) is 1.25. The first kappa shape index (κ1) is 10.6. The van der Waals surface area contributed by atoms with Crippen LogP contribution in [0.25, 0.3) is 0 Å². The van der Waals surface area contributed by atoms with Gasteiger partial charge in [0.15, 0.2) is 0 Å². The first-order chi connectivity index (χ1) is 4.81. The van der Waals surface area contributed by atoms with Gasteiger partial charge in [0.2, 0.25) is 0 Å². The maximum absolute atomic E-state index is 10.7. The van der Waals surface area contributed by atoms with Crippen LogP contribution in [0.15, 0.2) is 0 Å². The monoisotopic (exact) mass is 157 g/mol. The molecule has 0 unspecified atom stereocenters. The summed E-state index contributed by atoms with van der Waals surface area (Å²) >= 11 is 0. The van der Waals surface area contributed by atoms with Crippen LogP contribution in [0.4, 0.5) is 0 Å². The van der Waals surface area contributed by atoms with E-state index in [1.54, 1.807) is 6.92 Å². The molecule has 0 spiro atoms. The summed E-state index contributed by atoms with van der Waals surface area (Å²) in [6.45, 7) is 9.67. The van der Waals surface area contributed by atoms with Gasteiger partial charge < -0.3 is 0 Å². The van der Waals surface area contributed by atoms with E-state index < -0.39 is 0 Å². The summed E-state index contributed by atoms with van der Waals surface area (Å²) in [5.74, 6) is 0.233. The molecule has 0 atom stereocenters. The van der Waals surface area contributed by atoms with Gasteiger partial charge in [0.05, 0.1) is 6.54 Å². The summed E-state index contributed by atoms with van der Waals surface area (Å²) in [6, 6.07) is 0. The molecule has 2 nitrogen and oxygen atoms in total. The van der Waals surface area contributed by atoms with E-state index in [4.69, 9.17) is 0 Å². The molecular weight excluding hydrogens is 138 g/mol. The molecule has 0 N–H and O–H groups in total. The van der Waals surface area contributed by atoms with Crippen LogP contribution in [0.1, 0.15) is 27.7 Å². The third kappa shape index (κ3) is 7.53. The number of likely N-dealkylation sites (N-methyl/N-ethyl adjacent to an activating group) is 1. The normalized spacial score (nSPS) is 12.2. The van der Waals surface area contributed by atoms with Crippen LogP contribution in [0.2, 0.25) is 0 Å². The van der Waals surface area contributed by atoms with Gasteiger partial charge in [0, 0.05) is 6.54 Å². The lowest BCUT2D eigenvalue weighted by Gasteiger charge is -2.25. The van der Waals surface area contributed by atoms with E-state index >= 15 is 0 Å². The maximum atomic E-state index is 10.7. The smallest absolute Gasteiger partial charge is 0.143 e. The molecule has 0 aromatic heterocycles. The highest BCUT2D eigenvalue weighted by molar-refractivity contribution is 5.77. The van der Waals surface area contributed by atoms with Crippen LogP contribution in [0.3, 0.4) is 0 Å². The van der Waals surface area contributed by atoms with E-state index in [9.17, 15) is 4.79 Å². The predicted molar refractivity (Wildman–Crippen MR) is 47.6 cm³/mol. The van der Waals surface area contributed by atoms with Crippen molar-refractivity contribution < 1.29 is 4.79 Å². The Morgan fingerprint density at radius 3 is 2.09 bits per heavy atom. The number of rotatable bonds is 3. The fourth-order valence-electron chi connectivity index (χ4n) is 1.25. The zero-order valence-corrected chi connectivity index (χ0v) is 8.27. The third-order valence-corrected chi connectivity index (χ3v) is 1.24. The molecule has 66 valence electrons. The Hall–Kier alpha value is -0.370. The Bertz CT molecular complexity index is 135. The van der Waals surface area contributed by atoms with Gasteiger partial charge in [0.25, 0.3) is 0 Å². The predicted octanol–water partition coefficient (Wildman–Crippen LogP) is 1.55. The Balaban J connectivity index is 3.69. The molecule has 0 saturated carbocycles. The minimum absolute atomic E-state index is 0.233. The average molecular weight is 157 g/mol. The van der Waals surface area contributed by atoms with Crippen LogP contribution < -0.4 is 0 Å². The van der Waals surface area contributed by atoms with Crippen molar-refractivity contribution in [2.75, 3.05) is 20.1 Å². The Kier molecular flexibility index (Phi) is 3.73. The van der Waals surface area contributed by atoms with E-state index in [2.05, 4.69) is 25.7 Å². The van der Waals surface area contributed by atoms with Gasteiger partial charge in [-0.3, -0.25) is 9.69 Å². The van der Waals surface area contributed by atoms with E-state index in [0.717, 1.165) is 6.54 Å². The second-order valence-electron chi connectivity index (χ2n) is 4.43. The van der Waals surface area contributed by atoms with Crippen molar-refractivity contribution in [1.29, 1.82) is 0 Å². The highest BCUT2D eigenvalue weighted by Crippen LogP contribution is 2.13. The molecule has 0 heterocycles. The first-order valence-electron chi connectivity index (χ1n) is 3.99. The first-order valence-corrected chi connectivity index (χ1v) is 3.99. The van der Waals surface area contributed by atoms with Crippen molar-refractivity contribution >= 4 is 5.78 Å². The Morgan fingerprint density at radius 2 is 1.82 bits per heavy atom. The summed E-state index contributed by atoms with van der Waals surface area (Å²) in [4.78, 5) is 12.8. The number of carbonyl (C=O) groups is 1. The Morgan fingerprint density at radius 1 is 1.36 bits per heavy atom. The molecule has 11 heavy (non-hydrogen) atoms. The van der Waals surface area contributed by atoms with Crippen LogP contribution in [0, 0.1) is 5.41 Å². The van der Waals surface area contributed by atoms with Gasteiger partial charge in [-0.1, -0.05) is 20.8 Å². The van der Waals surface area contributed by atoms with Crippen molar-refractivity contribution in [1.82, 2.24) is 4.90 Å². The second-order valence-corrected chi connectivity index (χ2v) is 4.43. The van der Waals surface area contributed by atoms with Crippen molar-refractivity contribution in [3.63, 3.8) is 0 Å². The van der Waals surface area contributed by atoms with Crippen molar-refractivity contribution in [2.24, 2.45) is 5.41 Å². The highest BCUT2D eigenvalue weighted by atomic mass is 16.1. The second kappa shape index (κ2) is 3.86. The molecule has 0 radical (unpaired) electrons. The largest absolute Gasteiger partial charge is 0.299 e. The summed E-state index contributed by atoms with van der Waals surface area (Å²) in [7, 11) is 1.98. The number of Topliss-reactive ketones (excluding diaryl/α,β-unsaturated/α-hetero) is 1. The zero-order valence-electron chi connectivity index (χ0n) is 8.27. The lowest BCUT2D eigenvalue weighted by atomic mass is 9.96. The molecule has 0 amide bonds. The van der Waals surface area contributed by atoms with Gasteiger partial charge in [-0.2, -0.15) is 0 Å². The van der Waals surface area contributed by atoms with Crippen LogP contribution >= 0.6 is 0 Å². The van der Waals surface area contributed by atoms with Gasteiger partial charge >= 0.3 is 0 Å². The van der Waals surface area contributed by atoms with E-state index in [-0.39, 0.29) is 11.2 Å². The summed E-state index contributed by atoms with van der Waals surface area (Å²) in [6.07, 6.45) is 0. The molecule has 2 heteroatoms. The van der Waals surface area contributed by atoms with Gasteiger partial charge in [-0.05, 0) is 19.4 Å².